The van der Waals surface area contributed by atoms with Gasteiger partial charge in [-0.15, -0.1) is 0 Å². The van der Waals surface area contributed by atoms with Crippen LogP contribution in [0.2, 0.25) is 0 Å². The second-order valence-corrected chi connectivity index (χ2v) is 1.42. The minimum Gasteiger partial charge on any atom is -0.331 e. The van der Waals surface area contributed by atoms with Gasteiger partial charge >= 0.3 is 6.48 Å². The molecular formula is C4H8O4. The van der Waals surface area contributed by atoms with Gasteiger partial charge in [0.1, 0.15) is 0 Å². The molecule has 0 unspecified atom stereocenters. The fourth-order valence-corrected chi connectivity index (χ4v) is 0.420. The zero-order valence-electron chi connectivity index (χ0n) is 4.79. The fourth-order valence-electron chi connectivity index (χ4n) is 0.420. The summed E-state index contributed by atoms with van der Waals surface area (Å²) in [6.45, 7) is 1.07. The zero-order valence-corrected chi connectivity index (χ0v) is 4.79. The van der Waals surface area contributed by atoms with Crippen LogP contribution in [0.25, 0.3) is 0 Å². The predicted molar refractivity (Wildman–Crippen MR) is 23.5 cm³/mol. The van der Waals surface area contributed by atoms with Crippen LogP contribution in [0, 0.1) is 0 Å². The molecule has 0 saturated carbocycles. The van der Waals surface area contributed by atoms with Gasteiger partial charge in [-0.3, -0.25) is 4.74 Å². The van der Waals surface area contributed by atoms with Gasteiger partial charge in [0.25, 0.3) is 0 Å². The van der Waals surface area contributed by atoms with Gasteiger partial charge in [-0.25, -0.2) is 0 Å². The maximum absolute atomic E-state index is 4.84. The van der Waals surface area contributed by atoms with Crippen LogP contribution in [0.1, 0.15) is 6.92 Å². The molecule has 1 rings (SSSR count). The van der Waals surface area contributed by atoms with Gasteiger partial charge in [-0.1, -0.05) is 0 Å². The molecule has 0 bridgehead atoms. The molecule has 1 aliphatic rings. The Morgan fingerprint density at radius 1 is 1.38 bits per heavy atom. The molecule has 1 heterocycles. The molecule has 0 aromatic carbocycles. The molecule has 0 aliphatic carbocycles. The molecule has 0 amide bonds. The van der Waals surface area contributed by atoms with Gasteiger partial charge < -0.3 is 4.74 Å². The van der Waals surface area contributed by atoms with Gasteiger partial charge in [-0.05, 0) is 6.92 Å². The Hall–Kier alpha value is -0.160. The van der Waals surface area contributed by atoms with Crippen molar-refractivity contribution in [2.45, 2.75) is 19.7 Å². The molecule has 4 heteroatoms. The van der Waals surface area contributed by atoms with E-state index in [0.29, 0.717) is 0 Å². The molecule has 0 spiro atoms. The minimum atomic E-state index is -0.648. The third-order valence-corrected chi connectivity index (χ3v) is 0.765. The van der Waals surface area contributed by atoms with E-state index in [1.807, 2.05) is 0 Å². The first kappa shape index (κ1) is 5.97. The van der Waals surface area contributed by atoms with Crippen LogP contribution in [-0.4, -0.2) is 19.9 Å². The van der Waals surface area contributed by atoms with Crippen molar-refractivity contribution < 1.29 is 19.2 Å². The van der Waals surface area contributed by atoms with Crippen LogP contribution in [0.3, 0.4) is 0 Å². The summed E-state index contributed by atoms with van der Waals surface area (Å²) in [6, 6.07) is 0. The lowest BCUT2D eigenvalue weighted by Crippen LogP contribution is -2.10. The van der Waals surface area contributed by atoms with Crippen molar-refractivity contribution >= 4 is 0 Å². The average molecular weight is 120 g/mol. The van der Waals surface area contributed by atoms with Crippen LogP contribution in [-0.2, 0) is 19.2 Å². The molecule has 0 radical (unpaired) electrons. The van der Waals surface area contributed by atoms with E-state index in [9.17, 15) is 0 Å². The molecule has 1 fully saturated rings. The number of ether oxygens (including phenoxy) is 2. The maximum atomic E-state index is 4.84. The molecule has 1 aliphatic heterocycles. The molecular weight excluding hydrogens is 112 g/mol. The molecule has 0 N–H and O–H groups in total. The summed E-state index contributed by atoms with van der Waals surface area (Å²) in [7, 11) is 1.48. The van der Waals surface area contributed by atoms with Crippen LogP contribution in [0.15, 0.2) is 0 Å². The van der Waals surface area contributed by atoms with Gasteiger partial charge in [0.05, 0.1) is 0 Å². The lowest BCUT2D eigenvalue weighted by Gasteiger charge is -2.00. The van der Waals surface area contributed by atoms with Crippen molar-refractivity contribution in [3.8, 4) is 0 Å². The Balaban J connectivity index is 2.22. The number of rotatable bonds is 1. The molecule has 4 nitrogen and oxygen atoms in total. The quantitative estimate of drug-likeness (QED) is 0.464. The highest BCUT2D eigenvalue weighted by Gasteiger charge is 2.22. The molecule has 0 aromatic rings. The number of hydrogen-bond acceptors (Lipinski definition) is 4. The summed E-state index contributed by atoms with van der Waals surface area (Å²) in [5.74, 6) is 0. The molecule has 8 heavy (non-hydrogen) atoms. The molecule has 1 saturated heterocycles. The van der Waals surface area contributed by atoms with Gasteiger partial charge in [-0.2, -0.15) is 9.78 Å². The van der Waals surface area contributed by atoms with Gasteiger partial charge in [0, 0.05) is 7.11 Å². The average Bonchev–Trinajstić information content (AvgIpc) is 2.14. The summed E-state index contributed by atoms with van der Waals surface area (Å²) in [5, 5.41) is 0. The topological polar surface area (TPSA) is 36.9 Å². The smallest absolute Gasteiger partial charge is 0.303 e. The van der Waals surface area contributed by atoms with E-state index in [1.165, 1.54) is 7.11 Å². The molecule has 48 valence electrons. The monoisotopic (exact) mass is 120 g/mol. The van der Waals surface area contributed by atoms with E-state index in [4.69, 9.17) is 4.74 Å². The first-order valence-electron chi connectivity index (χ1n) is 2.33. The Bertz CT molecular complexity index is 74.4. The van der Waals surface area contributed by atoms with E-state index in [1.54, 1.807) is 6.92 Å². The second-order valence-electron chi connectivity index (χ2n) is 1.42. The van der Waals surface area contributed by atoms with Crippen molar-refractivity contribution in [3.05, 3.63) is 0 Å². The lowest BCUT2D eigenvalue weighted by atomic mass is 10.8. The van der Waals surface area contributed by atoms with E-state index < -0.39 is 6.48 Å². The Labute approximate surface area is 47.2 Å². The normalized spacial score (nSPS) is 38.2. The largest absolute Gasteiger partial charge is 0.331 e. The first-order chi connectivity index (χ1) is 3.83. The number of methoxy groups -OCH3 is 1. The van der Waals surface area contributed by atoms with E-state index >= 15 is 0 Å². The summed E-state index contributed by atoms with van der Waals surface area (Å²) in [4.78, 5) is 8.98. The van der Waals surface area contributed by atoms with Crippen LogP contribution >= 0.6 is 0 Å². The van der Waals surface area contributed by atoms with E-state index in [-0.39, 0.29) is 6.29 Å². The van der Waals surface area contributed by atoms with E-state index in [2.05, 4.69) is 14.5 Å². The van der Waals surface area contributed by atoms with Crippen LogP contribution in [0.5, 0.6) is 0 Å². The van der Waals surface area contributed by atoms with Crippen molar-refractivity contribution in [2.75, 3.05) is 7.11 Å². The third-order valence-electron chi connectivity index (χ3n) is 0.765. The molecule has 2 atom stereocenters. The highest BCUT2D eigenvalue weighted by atomic mass is 17.3. The van der Waals surface area contributed by atoms with Crippen molar-refractivity contribution in [2.24, 2.45) is 0 Å². The van der Waals surface area contributed by atoms with Crippen LogP contribution < -0.4 is 0 Å². The summed E-state index contributed by atoms with van der Waals surface area (Å²) < 4.78 is 9.46. The highest BCUT2D eigenvalue weighted by molar-refractivity contribution is 4.30. The van der Waals surface area contributed by atoms with Crippen molar-refractivity contribution in [1.29, 1.82) is 0 Å². The SMILES string of the molecule is CO[C@@H]1OO[C@H](C)O1. The van der Waals surface area contributed by atoms with Crippen LogP contribution in [0.4, 0.5) is 0 Å². The summed E-state index contributed by atoms with van der Waals surface area (Å²) in [5.41, 5.74) is 0. The van der Waals surface area contributed by atoms with Gasteiger partial charge in [0.2, 0.25) is 0 Å². The Morgan fingerprint density at radius 2 is 2.12 bits per heavy atom. The van der Waals surface area contributed by atoms with Gasteiger partial charge in [0.15, 0.2) is 6.29 Å². The minimum absolute atomic E-state index is 0.319. The Morgan fingerprint density at radius 3 is 2.38 bits per heavy atom. The highest BCUT2D eigenvalue weighted by Crippen LogP contribution is 2.11. The second kappa shape index (κ2) is 2.41. The maximum Gasteiger partial charge on any atom is 0.303 e. The lowest BCUT2D eigenvalue weighted by molar-refractivity contribution is -0.344. The predicted octanol–water partition coefficient (Wildman–Crippen LogP) is 0.241. The fraction of sp³-hybridized carbons (Fsp3) is 1.00. The number of hydrogen-bond donors (Lipinski definition) is 0. The molecule has 0 aromatic heterocycles. The van der Waals surface area contributed by atoms with E-state index in [0.717, 1.165) is 0 Å². The Kier molecular flexibility index (Phi) is 1.80. The standard InChI is InChI=1S/C4H8O4/c1-3-6-4(5-2)8-7-3/h3-4H,1-2H3/t3-,4+/m1/s1. The summed E-state index contributed by atoms with van der Waals surface area (Å²) in [6.07, 6.45) is -0.319. The first-order valence-corrected chi connectivity index (χ1v) is 2.33. The zero-order chi connectivity index (χ0) is 5.98. The van der Waals surface area contributed by atoms with Crippen molar-refractivity contribution in [1.82, 2.24) is 0 Å². The van der Waals surface area contributed by atoms with Crippen molar-refractivity contribution in [3.63, 3.8) is 0 Å². The third kappa shape index (κ3) is 1.16. The summed E-state index contributed by atoms with van der Waals surface area (Å²) >= 11 is 0.